The summed E-state index contributed by atoms with van der Waals surface area (Å²) in [7, 11) is 0. The van der Waals surface area contributed by atoms with Crippen LogP contribution in [0.4, 0.5) is 5.82 Å². The molecule has 10 nitrogen and oxygen atoms in total. The van der Waals surface area contributed by atoms with Crippen LogP contribution in [0.5, 0.6) is 5.75 Å². The molecule has 170 valence electrons. The maximum absolute atomic E-state index is 9.93. The maximum Gasteiger partial charge on any atom is 0.184 e. The molecule has 2 aliphatic heterocycles. The normalized spacial score (nSPS) is 18.5. The Morgan fingerprint density at radius 2 is 1.91 bits per heavy atom. The zero-order valence-electron chi connectivity index (χ0n) is 18.5. The van der Waals surface area contributed by atoms with Crippen LogP contribution in [-0.2, 0) is 4.74 Å². The van der Waals surface area contributed by atoms with Gasteiger partial charge in [-0.2, -0.15) is 0 Å². The summed E-state index contributed by atoms with van der Waals surface area (Å²) in [5, 5.41) is 19.0. The quantitative estimate of drug-likeness (QED) is 0.620. The van der Waals surface area contributed by atoms with Crippen LogP contribution in [0.1, 0.15) is 38.6 Å². The standard InChI is InChI=1S/C22H30N8O2/c1-2-3-6-28-7-4-17(5-8-28)30-22-19(26-27-30)21(29-9-11-32-12-10-29)24-20(25-22)16-13-18(31)15-23-14-16/h13-15,17,31H,2-12H2,1H3. The van der Waals surface area contributed by atoms with Crippen LogP contribution in [0, 0.1) is 0 Å². The lowest BCUT2D eigenvalue weighted by atomic mass is 10.0. The molecule has 0 aromatic carbocycles. The van der Waals surface area contributed by atoms with Gasteiger partial charge in [-0.3, -0.25) is 4.98 Å². The van der Waals surface area contributed by atoms with Gasteiger partial charge in [-0.15, -0.1) is 5.10 Å². The fraction of sp³-hybridized carbons (Fsp3) is 0.591. The molecule has 3 aromatic heterocycles. The Bertz CT molecular complexity index is 1060. The van der Waals surface area contributed by atoms with Crippen molar-refractivity contribution in [2.45, 2.75) is 38.6 Å². The number of unbranched alkanes of at least 4 members (excludes halogenated alkanes) is 1. The highest BCUT2D eigenvalue weighted by molar-refractivity contribution is 5.85. The van der Waals surface area contributed by atoms with Gasteiger partial charge in [0.1, 0.15) is 5.75 Å². The molecular weight excluding hydrogens is 408 g/mol. The first kappa shape index (κ1) is 21.0. The van der Waals surface area contributed by atoms with Gasteiger partial charge in [0.25, 0.3) is 0 Å². The van der Waals surface area contributed by atoms with Gasteiger partial charge in [0, 0.05) is 37.9 Å². The van der Waals surface area contributed by atoms with Crippen LogP contribution in [-0.4, -0.2) is 85.9 Å². The van der Waals surface area contributed by atoms with Crippen molar-refractivity contribution in [3.8, 4) is 17.1 Å². The summed E-state index contributed by atoms with van der Waals surface area (Å²) in [6.07, 6.45) is 7.60. The van der Waals surface area contributed by atoms with E-state index < -0.39 is 0 Å². The van der Waals surface area contributed by atoms with E-state index in [0.29, 0.717) is 24.6 Å². The lowest BCUT2D eigenvalue weighted by Crippen LogP contribution is -2.37. The van der Waals surface area contributed by atoms with Gasteiger partial charge in [0.05, 0.1) is 25.5 Å². The van der Waals surface area contributed by atoms with E-state index in [-0.39, 0.29) is 11.8 Å². The fourth-order valence-electron chi connectivity index (χ4n) is 4.51. The largest absolute Gasteiger partial charge is 0.506 e. The molecule has 2 fully saturated rings. The van der Waals surface area contributed by atoms with Gasteiger partial charge in [-0.05, 0) is 31.9 Å². The minimum Gasteiger partial charge on any atom is -0.506 e. The van der Waals surface area contributed by atoms with Crippen molar-refractivity contribution in [3.05, 3.63) is 18.5 Å². The lowest BCUT2D eigenvalue weighted by Gasteiger charge is -2.31. The van der Waals surface area contributed by atoms with Crippen molar-refractivity contribution >= 4 is 17.0 Å². The summed E-state index contributed by atoms with van der Waals surface area (Å²) in [5.74, 6) is 1.37. The average Bonchev–Trinajstić information content (AvgIpc) is 3.27. The van der Waals surface area contributed by atoms with Crippen molar-refractivity contribution in [2.75, 3.05) is 50.8 Å². The summed E-state index contributed by atoms with van der Waals surface area (Å²) in [6, 6.07) is 1.90. The third-order valence-electron chi connectivity index (χ3n) is 6.33. The zero-order chi connectivity index (χ0) is 21.9. The molecule has 2 saturated heterocycles. The number of nitrogens with zero attached hydrogens (tertiary/aromatic N) is 8. The van der Waals surface area contributed by atoms with E-state index >= 15 is 0 Å². The highest BCUT2D eigenvalue weighted by Gasteiger charge is 2.27. The topological polar surface area (TPSA) is 105 Å². The Kier molecular flexibility index (Phi) is 6.13. The molecule has 3 aromatic rings. The van der Waals surface area contributed by atoms with Gasteiger partial charge in [0.2, 0.25) is 0 Å². The smallest absolute Gasteiger partial charge is 0.184 e. The Hall–Kier alpha value is -2.85. The second-order valence-electron chi connectivity index (χ2n) is 8.53. The highest BCUT2D eigenvalue weighted by Crippen LogP contribution is 2.31. The SMILES string of the molecule is CCCCN1CCC(n2nnc3c(N4CCOCC4)nc(-c4cncc(O)c4)nc32)CC1. The molecule has 0 radical (unpaired) electrons. The Labute approximate surface area is 187 Å². The molecule has 32 heavy (non-hydrogen) atoms. The van der Waals surface area contributed by atoms with Crippen molar-refractivity contribution in [2.24, 2.45) is 0 Å². The number of morpholine rings is 1. The maximum atomic E-state index is 9.93. The number of anilines is 1. The van der Waals surface area contributed by atoms with Gasteiger partial charge in [-0.25, -0.2) is 14.6 Å². The Morgan fingerprint density at radius 3 is 2.66 bits per heavy atom. The molecule has 0 bridgehead atoms. The molecule has 1 N–H and O–H groups in total. The number of rotatable bonds is 6. The third-order valence-corrected chi connectivity index (χ3v) is 6.33. The molecule has 0 atom stereocenters. The summed E-state index contributed by atoms with van der Waals surface area (Å²) in [6.45, 7) is 8.32. The van der Waals surface area contributed by atoms with E-state index in [1.165, 1.54) is 25.6 Å². The van der Waals surface area contributed by atoms with E-state index in [1.807, 2.05) is 4.68 Å². The number of fused-ring (bicyclic) bond motifs is 1. The van der Waals surface area contributed by atoms with Crippen LogP contribution in [0.2, 0.25) is 0 Å². The number of aromatic hydroxyl groups is 1. The second-order valence-corrected chi connectivity index (χ2v) is 8.53. The van der Waals surface area contributed by atoms with E-state index in [9.17, 15) is 5.11 Å². The van der Waals surface area contributed by atoms with Crippen molar-refractivity contribution in [3.63, 3.8) is 0 Å². The number of piperidine rings is 1. The van der Waals surface area contributed by atoms with Gasteiger partial charge >= 0.3 is 0 Å². The summed E-state index contributed by atoms with van der Waals surface area (Å²) in [5.41, 5.74) is 2.13. The molecular formula is C22H30N8O2. The van der Waals surface area contributed by atoms with Crippen molar-refractivity contribution in [1.82, 2.24) is 34.8 Å². The van der Waals surface area contributed by atoms with Gasteiger partial charge in [0.15, 0.2) is 22.8 Å². The molecule has 10 heteroatoms. The summed E-state index contributed by atoms with van der Waals surface area (Å²) in [4.78, 5) is 18.5. The highest BCUT2D eigenvalue weighted by atomic mass is 16.5. The number of ether oxygens (including phenoxy) is 1. The summed E-state index contributed by atoms with van der Waals surface area (Å²) < 4.78 is 7.51. The number of pyridine rings is 1. The van der Waals surface area contributed by atoms with Gasteiger partial charge < -0.3 is 19.6 Å². The van der Waals surface area contributed by atoms with Crippen LogP contribution in [0.15, 0.2) is 18.5 Å². The van der Waals surface area contributed by atoms with E-state index in [1.54, 1.807) is 12.3 Å². The lowest BCUT2D eigenvalue weighted by molar-refractivity contribution is 0.122. The van der Waals surface area contributed by atoms with Crippen LogP contribution >= 0.6 is 0 Å². The van der Waals surface area contributed by atoms with Crippen LogP contribution < -0.4 is 4.90 Å². The molecule has 2 aliphatic rings. The van der Waals surface area contributed by atoms with E-state index in [0.717, 1.165) is 56.0 Å². The fourth-order valence-corrected chi connectivity index (χ4v) is 4.51. The minimum absolute atomic E-state index is 0.0882. The molecule has 0 amide bonds. The molecule has 5 rings (SSSR count). The molecule has 0 unspecified atom stereocenters. The zero-order valence-corrected chi connectivity index (χ0v) is 18.5. The van der Waals surface area contributed by atoms with E-state index in [2.05, 4.69) is 32.0 Å². The summed E-state index contributed by atoms with van der Waals surface area (Å²) >= 11 is 0. The first-order valence-electron chi connectivity index (χ1n) is 11.6. The molecule has 0 saturated carbocycles. The number of hydrogen-bond acceptors (Lipinski definition) is 9. The van der Waals surface area contributed by atoms with E-state index in [4.69, 9.17) is 14.7 Å². The first-order valence-corrected chi connectivity index (χ1v) is 11.6. The average molecular weight is 439 g/mol. The Balaban J connectivity index is 1.52. The number of aromatic nitrogens is 6. The van der Waals surface area contributed by atoms with Crippen molar-refractivity contribution < 1.29 is 9.84 Å². The Morgan fingerprint density at radius 1 is 1.09 bits per heavy atom. The molecule has 0 spiro atoms. The molecule has 5 heterocycles. The van der Waals surface area contributed by atoms with Crippen LogP contribution in [0.25, 0.3) is 22.6 Å². The third kappa shape index (κ3) is 4.24. The van der Waals surface area contributed by atoms with Crippen molar-refractivity contribution in [1.29, 1.82) is 0 Å². The number of hydrogen-bond donors (Lipinski definition) is 1. The second kappa shape index (κ2) is 9.33. The van der Waals surface area contributed by atoms with Gasteiger partial charge in [-0.1, -0.05) is 18.6 Å². The first-order chi connectivity index (χ1) is 15.7. The molecule has 0 aliphatic carbocycles. The minimum atomic E-state index is 0.0882. The number of likely N-dealkylation sites (tertiary alicyclic amines) is 1. The van der Waals surface area contributed by atoms with Crippen LogP contribution in [0.3, 0.4) is 0 Å². The predicted octanol–water partition coefficient (Wildman–Crippen LogP) is 2.26. The predicted molar refractivity (Wildman–Crippen MR) is 121 cm³/mol. The monoisotopic (exact) mass is 438 g/mol.